The Kier molecular flexibility index (Phi) is 3.31. The minimum atomic E-state index is -0.713. The Hall–Kier alpha value is -1.35. The summed E-state index contributed by atoms with van der Waals surface area (Å²) < 4.78 is 0. The molecule has 1 fully saturated rings. The second kappa shape index (κ2) is 4.97. The number of carboxylic acid groups (broad SMARTS) is 1. The van der Waals surface area contributed by atoms with Crippen molar-refractivity contribution in [3.63, 3.8) is 0 Å². The molecule has 102 valence electrons. The number of aliphatic carboxylic acids is 1. The maximum atomic E-state index is 11.7. The summed E-state index contributed by atoms with van der Waals surface area (Å²) in [6.07, 6.45) is 4.76. The molecule has 0 spiro atoms. The molecule has 1 aromatic carbocycles. The minimum absolute atomic E-state index is 0.363. The molecule has 3 nitrogen and oxygen atoms in total. The number of hydrogen-bond acceptors (Lipinski definition) is 2. The van der Waals surface area contributed by atoms with Crippen LogP contribution in [0.25, 0.3) is 0 Å². The topological polar surface area (TPSA) is 40.5 Å². The smallest absolute Gasteiger partial charge is 0.325 e. The molecule has 1 heterocycles. The van der Waals surface area contributed by atoms with Crippen molar-refractivity contribution >= 4 is 5.97 Å². The van der Waals surface area contributed by atoms with Crippen molar-refractivity contribution in [2.45, 2.75) is 44.7 Å². The second-order valence-corrected chi connectivity index (χ2v) is 5.96. The molecule has 2 aliphatic rings. The molecule has 0 radical (unpaired) electrons. The zero-order valence-electron chi connectivity index (χ0n) is 11.4. The highest BCUT2D eigenvalue weighted by molar-refractivity contribution is 5.76. The molecule has 3 heteroatoms. The van der Waals surface area contributed by atoms with Crippen molar-refractivity contribution in [2.75, 3.05) is 6.54 Å². The van der Waals surface area contributed by atoms with E-state index in [0.29, 0.717) is 6.04 Å². The molecule has 1 aromatic rings. The molecule has 2 atom stereocenters. The highest BCUT2D eigenvalue weighted by Crippen LogP contribution is 2.38. The van der Waals surface area contributed by atoms with Gasteiger partial charge in [-0.05, 0) is 36.8 Å². The summed E-state index contributed by atoms with van der Waals surface area (Å²) in [7, 11) is 0. The normalized spacial score (nSPS) is 24.8. The highest BCUT2D eigenvalue weighted by atomic mass is 16.4. The number of carboxylic acids is 1. The van der Waals surface area contributed by atoms with Crippen LogP contribution in [0.2, 0.25) is 0 Å². The number of nitrogens with zero attached hydrogens (tertiary/aromatic N) is 1. The number of hydrogen-bond donors (Lipinski definition) is 1. The molecule has 1 saturated carbocycles. The van der Waals surface area contributed by atoms with E-state index in [2.05, 4.69) is 17.9 Å². The van der Waals surface area contributed by atoms with Crippen LogP contribution in [-0.2, 0) is 11.2 Å². The number of fused-ring (bicyclic) bond motifs is 1. The molecule has 19 heavy (non-hydrogen) atoms. The fourth-order valence-electron chi connectivity index (χ4n) is 3.31. The fraction of sp³-hybridized carbons (Fsp3) is 0.562. The number of benzene rings is 1. The lowest BCUT2D eigenvalue weighted by molar-refractivity contribution is -0.145. The predicted molar refractivity (Wildman–Crippen MR) is 74.0 cm³/mol. The predicted octanol–water partition coefficient (Wildman–Crippen LogP) is 2.86. The molecule has 1 N–H and O–H groups in total. The van der Waals surface area contributed by atoms with Crippen LogP contribution in [0.15, 0.2) is 24.3 Å². The van der Waals surface area contributed by atoms with Crippen molar-refractivity contribution < 1.29 is 9.90 Å². The third kappa shape index (κ3) is 2.52. The first-order valence-corrected chi connectivity index (χ1v) is 7.23. The van der Waals surface area contributed by atoms with Gasteiger partial charge >= 0.3 is 5.97 Å². The van der Waals surface area contributed by atoms with E-state index in [4.69, 9.17) is 0 Å². The minimum Gasteiger partial charge on any atom is -0.480 e. The first-order valence-electron chi connectivity index (χ1n) is 7.23. The Bertz CT molecular complexity index is 481. The molecule has 1 aliphatic carbocycles. The molecule has 3 rings (SSSR count). The van der Waals surface area contributed by atoms with Crippen LogP contribution in [0, 0.1) is 5.92 Å². The van der Waals surface area contributed by atoms with Crippen LogP contribution in [0.5, 0.6) is 0 Å². The third-order valence-electron chi connectivity index (χ3n) is 4.49. The van der Waals surface area contributed by atoms with Gasteiger partial charge in [0.15, 0.2) is 0 Å². The Morgan fingerprint density at radius 2 is 2.16 bits per heavy atom. The van der Waals surface area contributed by atoms with Crippen molar-refractivity contribution in [1.82, 2.24) is 4.90 Å². The van der Waals surface area contributed by atoms with E-state index in [1.165, 1.54) is 18.4 Å². The monoisotopic (exact) mass is 259 g/mol. The van der Waals surface area contributed by atoms with Crippen LogP contribution in [0.1, 0.15) is 43.4 Å². The van der Waals surface area contributed by atoms with Gasteiger partial charge in [0.2, 0.25) is 0 Å². The highest BCUT2D eigenvalue weighted by Gasteiger charge is 2.37. The first-order chi connectivity index (χ1) is 9.16. The average molecular weight is 259 g/mol. The molecular weight excluding hydrogens is 238 g/mol. The van der Waals surface area contributed by atoms with Gasteiger partial charge in [0.05, 0.1) is 0 Å². The van der Waals surface area contributed by atoms with Crippen LogP contribution in [-0.4, -0.2) is 28.6 Å². The lowest BCUT2D eigenvalue weighted by Crippen LogP contribution is -2.44. The lowest BCUT2D eigenvalue weighted by atomic mass is 9.90. The van der Waals surface area contributed by atoms with Gasteiger partial charge in [-0.2, -0.15) is 0 Å². The third-order valence-corrected chi connectivity index (χ3v) is 4.49. The van der Waals surface area contributed by atoms with E-state index in [1.807, 2.05) is 18.2 Å². The Morgan fingerprint density at radius 1 is 1.42 bits per heavy atom. The summed E-state index contributed by atoms with van der Waals surface area (Å²) in [5, 5.41) is 9.61. The average Bonchev–Trinajstić information content (AvgIpc) is 3.21. The summed E-state index contributed by atoms with van der Waals surface area (Å²) >= 11 is 0. The molecule has 0 saturated heterocycles. The van der Waals surface area contributed by atoms with E-state index in [0.717, 1.165) is 30.9 Å². The summed E-state index contributed by atoms with van der Waals surface area (Å²) in [5.41, 5.74) is 2.19. The van der Waals surface area contributed by atoms with E-state index in [-0.39, 0.29) is 0 Å². The van der Waals surface area contributed by atoms with E-state index < -0.39 is 12.0 Å². The molecule has 0 bridgehead atoms. The summed E-state index contributed by atoms with van der Waals surface area (Å²) in [6, 6.07) is 7.89. The van der Waals surface area contributed by atoms with Crippen molar-refractivity contribution in [3.05, 3.63) is 35.4 Å². The summed E-state index contributed by atoms with van der Waals surface area (Å²) in [6.45, 7) is 3.05. The van der Waals surface area contributed by atoms with Gasteiger partial charge in [0.1, 0.15) is 6.04 Å². The SMILES string of the molecule is CC(CC1CC1)N1CCc2ccccc2C1C(=O)O. The van der Waals surface area contributed by atoms with E-state index >= 15 is 0 Å². The largest absolute Gasteiger partial charge is 0.480 e. The van der Waals surface area contributed by atoms with Gasteiger partial charge in [-0.3, -0.25) is 9.69 Å². The molecule has 2 unspecified atom stereocenters. The maximum Gasteiger partial charge on any atom is 0.325 e. The van der Waals surface area contributed by atoms with Gasteiger partial charge in [0.25, 0.3) is 0 Å². The van der Waals surface area contributed by atoms with Crippen LogP contribution in [0.4, 0.5) is 0 Å². The van der Waals surface area contributed by atoms with Gasteiger partial charge in [0, 0.05) is 12.6 Å². The van der Waals surface area contributed by atoms with E-state index in [9.17, 15) is 9.90 Å². The van der Waals surface area contributed by atoms with E-state index in [1.54, 1.807) is 0 Å². The summed E-state index contributed by atoms with van der Waals surface area (Å²) in [4.78, 5) is 13.9. The molecular formula is C16H21NO2. The summed E-state index contributed by atoms with van der Waals surface area (Å²) in [5.74, 6) is 0.122. The number of rotatable bonds is 4. The lowest BCUT2D eigenvalue weighted by Gasteiger charge is -2.39. The first kappa shape index (κ1) is 12.7. The number of carbonyl (C=O) groups is 1. The van der Waals surface area contributed by atoms with Crippen molar-refractivity contribution in [3.8, 4) is 0 Å². The van der Waals surface area contributed by atoms with Gasteiger partial charge < -0.3 is 5.11 Å². The van der Waals surface area contributed by atoms with Crippen LogP contribution >= 0.6 is 0 Å². The van der Waals surface area contributed by atoms with Crippen LogP contribution < -0.4 is 0 Å². The zero-order chi connectivity index (χ0) is 13.4. The molecule has 1 aliphatic heterocycles. The second-order valence-electron chi connectivity index (χ2n) is 5.96. The van der Waals surface area contributed by atoms with Crippen molar-refractivity contribution in [1.29, 1.82) is 0 Å². The van der Waals surface area contributed by atoms with Gasteiger partial charge in [-0.1, -0.05) is 37.1 Å². The zero-order valence-corrected chi connectivity index (χ0v) is 11.4. The van der Waals surface area contributed by atoms with Gasteiger partial charge in [-0.15, -0.1) is 0 Å². The fourth-order valence-corrected chi connectivity index (χ4v) is 3.31. The Balaban J connectivity index is 1.86. The maximum absolute atomic E-state index is 11.7. The standard InChI is InChI=1S/C16H21NO2/c1-11(10-12-6-7-12)17-9-8-13-4-2-3-5-14(13)15(17)16(18)19/h2-5,11-12,15H,6-10H2,1H3,(H,18,19). The quantitative estimate of drug-likeness (QED) is 0.904. The van der Waals surface area contributed by atoms with Crippen LogP contribution in [0.3, 0.4) is 0 Å². The molecule has 0 aromatic heterocycles. The molecule has 0 amide bonds. The Morgan fingerprint density at radius 3 is 2.84 bits per heavy atom. The van der Waals surface area contributed by atoms with Gasteiger partial charge in [-0.25, -0.2) is 0 Å². The van der Waals surface area contributed by atoms with Crippen molar-refractivity contribution in [2.24, 2.45) is 5.92 Å². The Labute approximate surface area is 114 Å².